The van der Waals surface area contributed by atoms with E-state index in [1.54, 1.807) is 34.6 Å². The van der Waals surface area contributed by atoms with Gasteiger partial charge in [0.15, 0.2) is 6.73 Å². The van der Waals surface area contributed by atoms with Gasteiger partial charge in [-0.05, 0) is 41.5 Å². The molecule has 1 fully saturated rings. The van der Waals surface area contributed by atoms with Crippen LogP contribution >= 0.6 is 0 Å². The highest BCUT2D eigenvalue weighted by Crippen LogP contribution is 2.31. The first-order valence-electron chi connectivity index (χ1n) is 5.72. The van der Waals surface area contributed by atoms with Gasteiger partial charge in [0.2, 0.25) is 0 Å². The predicted molar refractivity (Wildman–Crippen MR) is 62.3 cm³/mol. The molecule has 1 saturated heterocycles. The molecule has 0 spiro atoms. The van der Waals surface area contributed by atoms with Crippen molar-refractivity contribution in [2.24, 2.45) is 5.41 Å². The summed E-state index contributed by atoms with van der Waals surface area (Å²) in [5, 5.41) is 0. The van der Waals surface area contributed by atoms with Gasteiger partial charge in [-0.25, -0.2) is 4.79 Å². The lowest BCUT2D eigenvalue weighted by atomic mass is 9.84. The first-order chi connectivity index (χ1) is 7.55. The highest BCUT2D eigenvalue weighted by atomic mass is 16.6. The smallest absolute Gasteiger partial charge is 0.413 e. The highest BCUT2D eigenvalue weighted by Gasteiger charge is 2.45. The molecule has 0 N–H and O–H groups in total. The fraction of sp³-hybridized carbons (Fsp3) is 0.833. The van der Waals surface area contributed by atoms with Gasteiger partial charge in [-0.2, -0.15) is 0 Å². The van der Waals surface area contributed by atoms with Crippen LogP contribution < -0.4 is 0 Å². The monoisotopic (exact) mass is 243 g/mol. The van der Waals surface area contributed by atoms with Crippen molar-refractivity contribution in [1.29, 1.82) is 0 Å². The van der Waals surface area contributed by atoms with Crippen molar-refractivity contribution in [1.82, 2.24) is 4.90 Å². The Morgan fingerprint density at radius 2 is 2.00 bits per heavy atom. The van der Waals surface area contributed by atoms with Gasteiger partial charge in [0.25, 0.3) is 0 Å². The number of nitrogens with zero attached hydrogens (tertiary/aromatic N) is 1. The maximum atomic E-state index is 11.9. The van der Waals surface area contributed by atoms with Gasteiger partial charge in [-0.3, -0.25) is 9.69 Å². The minimum atomic E-state index is -0.713. The Balaban J connectivity index is 2.80. The van der Waals surface area contributed by atoms with Gasteiger partial charge in [0.05, 0.1) is 11.5 Å². The summed E-state index contributed by atoms with van der Waals surface area (Å²) in [6, 6.07) is -0.251. The fourth-order valence-electron chi connectivity index (χ4n) is 1.52. The van der Waals surface area contributed by atoms with Gasteiger partial charge < -0.3 is 9.47 Å². The van der Waals surface area contributed by atoms with E-state index < -0.39 is 17.1 Å². The van der Waals surface area contributed by atoms with Crippen molar-refractivity contribution in [2.75, 3.05) is 6.73 Å². The average molecular weight is 243 g/mol. The van der Waals surface area contributed by atoms with Crippen LogP contribution in [0.25, 0.3) is 0 Å². The third-order valence-corrected chi connectivity index (χ3v) is 3.00. The molecule has 1 aliphatic rings. The number of rotatable bonds is 0. The zero-order valence-corrected chi connectivity index (χ0v) is 11.4. The van der Waals surface area contributed by atoms with E-state index in [2.05, 4.69) is 0 Å². The molecule has 0 aromatic rings. The molecule has 5 heteroatoms. The van der Waals surface area contributed by atoms with Gasteiger partial charge >= 0.3 is 12.1 Å². The summed E-state index contributed by atoms with van der Waals surface area (Å²) in [6.45, 7) is 10.7. The zero-order valence-electron chi connectivity index (χ0n) is 11.4. The number of cyclic esters (lactones) is 1. The average Bonchev–Trinajstić information content (AvgIpc) is 2.12. The first kappa shape index (κ1) is 13.8. The second-order valence-corrected chi connectivity index (χ2v) is 5.91. The molecular weight excluding hydrogens is 222 g/mol. The minimum absolute atomic E-state index is 0.0433. The molecule has 0 unspecified atom stereocenters. The van der Waals surface area contributed by atoms with Crippen LogP contribution in [0.1, 0.15) is 41.5 Å². The summed E-state index contributed by atoms with van der Waals surface area (Å²) in [5.74, 6) is -0.287. The Hall–Kier alpha value is -1.26. The summed E-state index contributed by atoms with van der Waals surface area (Å²) in [6.07, 6.45) is -0.453. The SMILES string of the molecule is C[C@@H]1N(C(=O)OC(C)(C)C)COC(=O)C1(C)C. The topological polar surface area (TPSA) is 55.8 Å². The Labute approximate surface area is 102 Å². The second-order valence-electron chi connectivity index (χ2n) is 5.91. The molecule has 1 atom stereocenters. The molecule has 0 bridgehead atoms. The summed E-state index contributed by atoms with van der Waals surface area (Å²) >= 11 is 0. The lowest BCUT2D eigenvalue weighted by Gasteiger charge is -2.42. The van der Waals surface area contributed by atoms with Gasteiger partial charge in [-0.1, -0.05) is 0 Å². The van der Waals surface area contributed by atoms with Crippen molar-refractivity contribution >= 4 is 12.1 Å². The second kappa shape index (κ2) is 4.20. The summed E-state index contributed by atoms with van der Waals surface area (Å²) in [4.78, 5) is 24.9. The molecule has 0 radical (unpaired) electrons. The number of carbonyl (C=O) groups excluding carboxylic acids is 2. The van der Waals surface area contributed by atoms with Crippen LogP contribution in [-0.4, -0.2) is 35.3 Å². The van der Waals surface area contributed by atoms with Crippen molar-refractivity contribution < 1.29 is 19.1 Å². The van der Waals surface area contributed by atoms with Crippen molar-refractivity contribution in [3.8, 4) is 0 Å². The maximum absolute atomic E-state index is 11.9. The summed E-state index contributed by atoms with van der Waals surface area (Å²) in [5.41, 5.74) is -1.27. The highest BCUT2D eigenvalue weighted by molar-refractivity contribution is 5.80. The number of esters is 1. The van der Waals surface area contributed by atoms with Crippen LogP contribution in [0.4, 0.5) is 4.79 Å². The van der Waals surface area contributed by atoms with E-state index >= 15 is 0 Å². The summed E-state index contributed by atoms with van der Waals surface area (Å²) in [7, 11) is 0. The quantitative estimate of drug-likeness (QED) is 0.612. The third-order valence-electron chi connectivity index (χ3n) is 3.00. The molecule has 0 saturated carbocycles. The third kappa shape index (κ3) is 2.90. The van der Waals surface area contributed by atoms with E-state index in [9.17, 15) is 9.59 Å². The Bertz CT molecular complexity index is 330. The van der Waals surface area contributed by atoms with E-state index in [0.717, 1.165) is 0 Å². The molecule has 17 heavy (non-hydrogen) atoms. The zero-order chi connectivity index (χ0) is 13.4. The van der Waals surface area contributed by atoms with Gasteiger partial charge in [-0.15, -0.1) is 0 Å². The van der Waals surface area contributed by atoms with Crippen LogP contribution in [0.5, 0.6) is 0 Å². The van der Waals surface area contributed by atoms with Crippen LogP contribution in [0.15, 0.2) is 0 Å². The van der Waals surface area contributed by atoms with Crippen molar-refractivity contribution in [3.05, 3.63) is 0 Å². The molecule has 1 amide bonds. The largest absolute Gasteiger partial charge is 0.444 e. The van der Waals surface area contributed by atoms with E-state index in [1.165, 1.54) is 4.90 Å². The molecule has 5 nitrogen and oxygen atoms in total. The normalized spacial score (nSPS) is 24.2. The molecular formula is C12H21NO4. The number of ether oxygens (including phenoxy) is 2. The Morgan fingerprint density at radius 3 is 2.47 bits per heavy atom. The molecule has 1 aliphatic heterocycles. The maximum Gasteiger partial charge on any atom is 0.413 e. The van der Waals surface area contributed by atoms with Gasteiger partial charge in [0.1, 0.15) is 5.60 Å². The Morgan fingerprint density at radius 1 is 1.47 bits per heavy atom. The van der Waals surface area contributed by atoms with Crippen molar-refractivity contribution in [2.45, 2.75) is 53.2 Å². The number of carbonyl (C=O) groups is 2. The molecule has 1 heterocycles. The minimum Gasteiger partial charge on any atom is -0.444 e. The first-order valence-corrected chi connectivity index (χ1v) is 5.72. The van der Waals surface area contributed by atoms with E-state index in [-0.39, 0.29) is 18.7 Å². The van der Waals surface area contributed by atoms with Crippen molar-refractivity contribution in [3.63, 3.8) is 0 Å². The standard InChI is InChI=1S/C12H21NO4/c1-8-12(5,6)9(14)16-7-13(8)10(15)17-11(2,3)4/h8H,7H2,1-6H3/t8-/m0/s1. The van der Waals surface area contributed by atoms with Crippen LogP contribution in [0.2, 0.25) is 0 Å². The predicted octanol–water partition coefficient (Wildman–Crippen LogP) is 2.15. The van der Waals surface area contributed by atoms with E-state index in [4.69, 9.17) is 9.47 Å². The molecule has 0 aliphatic carbocycles. The molecule has 0 aromatic carbocycles. The fourth-order valence-corrected chi connectivity index (χ4v) is 1.52. The summed E-state index contributed by atoms with van der Waals surface area (Å²) < 4.78 is 10.3. The van der Waals surface area contributed by atoms with Gasteiger partial charge in [0, 0.05) is 0 Å². The van der Waals surface area contributed by atoms with E-state index in [0.29, 0.717) is 0 Å². The molecule has 0 aromatic heterocycles. The lowest BCUT2D eigenvalue weighted by Crippen LogP contribution is -2.57. The molecule has 98 valence electrons. The van der Waals surface area contributed by atoms with Crippen LogP contribution in [-0.2, 0) is 14.3 Å². The molecule has 1 rings (SSSR count). The Kier molecular flexibility index (Phi) is 3.41. The number of hydrogen-bond donors (Lipinski definition) is 0. The lowest BCUT2D eigenvalue weighted by molar-refractivity contribution is -0.176. The van der Waals surface area contributed by atoms with Crippen LogP contribution in [0, 0.1) is 5.41 Å². The van der Waals surface area contributed by atoms with Crippen LogP contribution in [0.3, 0.4) is 0 Å². The number of amides is 1. The van der Waals surface area contributed by atoms with E-state index in [1.807, 2.05) is 6.92 Å². The number of hydrogen-bond acceptors (Lipinski definition) is 4.